The van der Waals surface area contributed by atoms with E-state index in [0.29, 0.717) is 15.4 Å². The van der Waals surface area contributed by atoms with Gasteiger partial charge >= 0.3 is 0 Å². The molecular weight excluding hydrogens is 254 g/mol. The van der Waals surface area contributed by atoms with E-state index in [1.807, 2.05) is 0 Å². The van der Waals surface area contributed by atoms with Crippen molar-refractivity contribution in [3.8, 4) is 0 Å². The van der Waals surface area contributed by atoms with Crippen molar-refractivity contribution in [1.29, 1.82) is 0 Å². The normalized spacial score (nSPS) is 12.4. The molecule has 0 aliphatic heterocycles. The molecule has 1 nitrogen and oxygen atoms in total. The Morgan fingerprint density at radius 2 is 1.78 bits per heavy atom. The molecule has 0 radical (unpaired) electrons. The largest absolute Gasteiger partial charge is 0.389 e. The molecule has 0 aliphatic rings. The smallest absolute Gasteiger partial charge is 0.137 e. The van der Waals surface area contributed by atoms with Crippen molar-refractivity contribution in [2.24, 2.45) is 0 Å². The molecular formula is C14H12F2OS. The van der Waals surface area contributed by atoms with Gasteiger partial charge in [0, 0.05) is 9.79 Å². The second-order valence-electron chi connectivity index (χ2n) is 3.89. The van der Waals surface area contributed by atoms with Crippen molar-refractivity contribution in [1.82, 2.24) is 0 Å². The molecule has 2 rings (SSSR count). The summed E-state index contributed by atoms with van der Waals surface area (Å²) in [5.74, 6) is -0.743. The van der Waals surface area contributed by atoms with E-state index in [1.165, 1.54) is 30.0 Å². The molecule has 0 amide bonds. The van der Waals surface area contributed by atoms with Crippen LogP contribution in [0, 0.1) is 11.6 Å². The Morgan fingerprint density at radius 1 is 1.06 bits per heavy atom. The van der Waals surface area contributed by atoms with Crippen molar-refractivity contribution in [3.63, 3.8) is 0 Å². The molecule has 1 atom stereocenters. The zero-order valence-corrected chi connectivity index (χ0v) is 10.5. The highest BCUT2D eigenvalue weighted by atomic mass is 32.2. The van der Waals surface area contributed by atoms with Gasteiger partial charge in [0.15, 0.2) is 0 Å². The molecule has 0 heterocycles. The van der Waals surface area contributed by atoms with Gasteiger partial charge in [-0.25, -0.2) is 8.78 Å². The zero-order valence-electron chi connectivity index (χ0n) is 9.73. The molecule has 0 spiro atoms. The SMILES string of the molecule is C[C@@H](O)c1cc(F)ccc1Sc1ccccc1F. The van der Waals surface area contributed by atoms with E-state index in [4.69, 9.17) is 0 Å². The second kappa shape index (κ2) is 5.50. The van der Waals surface area contributed by atoms with Gasteiger partial charge in [-0.3, -0.25) is 0 Å². The summed E-state index contributed by atoms with van der Waals surface area (Å²) in [6.07, 6.45) is -0.796. The number of hydrogen-bond acceptors (Lipinski definition) is 2. The van der Waals surface area contributed by atoms with Crippen LogP contribution in [0.25, 0.3) is 0 Å². The third-order valence-corrected chi connectivity index (χ3v) is 3.62. The Bertz CT molecular complexity index is 555. The van der Waals surface area contributed by atoms with Crippen LogP contribution >= 0.6 is 11.8 Å². The van der Waals surface area contributed by atoms with E-state index in [2.05, 4.69) is 0 Å². The summed E-state index contributed by atoms with van der Waals surface area (Å²) in [5, 5.41) is 9.60. The molecule has 94 valence electrons. The van der Waals surface area contributed by atoms with Crippen LogP contribution in [0.5, 0.6) is 0 Å². The molecule has 0 bridgehead atoms. The highest BCUT2D eigenvalue weighted by Crippen LogP contribution is 2.34. The fourth-order valence-electron chi connectivity index (χ4n) is 1.58. The standard InChI is InChI=1S/C14H12F2OS/c1-9(17)11-8-10(15)6-7-13(11)18-14-5-3-2-4-12(14)16/h2-9,17H,1H3/t9-/m1/s1. The van der Waals surface area contributed by atoms with Crippen molar-refractivity contribution in [2.45, 2.75) is 22.8 Å². The summed E-state index contributed by atoms with van der Waals surface area (Å²) in [5.41, 5.74) is 0.461. The Labute approximate surface area is 108 Å². The van der Waals surface area contributed by atoms with Gasteiger partial charge in [-0.1, -0.05) is 23.9 Å². The fraction of sp³-hybridized carbons (Fsp3) is 0.143. The summed E-state index contributed by atoms with van der Waals surface area (Å²) in [6, 6.07) is 10.5. The maximum atomic E-state index is 13.5. The molecule has 1 N–H and O–H groups in total. The van der Waals surface area contributed by atoms with Crippen molar-refractivity contribution in [2.75, 3.05) is 0 Å². The lowest BCUT2D eigenvalue weighted by Crippen LogP contribution is -1.95. The predicted octanol–water partition coefficient (Wildman–Crippen LogP) is 4.17. The van der Waals surface area contributed by atoms with Gasteiger partial charge in [0.25, 0.3) is 0 Å². The molecule has 2 aromatic rings. The van der Waals surface area contributed by atoms with Crippen molar-refractivity contribution < 1.29 is 13.9 Å². The summed E-state index contributed by atoms with van der Waals surface area (Å²) in [4.78, 5) is 1.10. The highest BCUT2D eigenvalue weighted by molar-refractivity contribution is 7.99. The van der Waals surface area contributed by atoms with Crippen LogP contribution in [-0.4, -0.2) is 5.11 Å². The van der Waals surface area contributed by atoms with Gasteiger partial charge < -0.3 is 5.11 Å². The van der Waals surface area contributed by atoms with E-state index >= 15 is 0 Å². The number of benzene rings is 2. The lowest BCUT2D eigenvalue weighted by atomic mass is 10.1. The monoisotopic (exact) mass is 266 g/mol. The van der Waals surface area contributed by atoms with Gasteiger partial charge in [0.05, 0.1) is 6.10 Å². The van der Waals surface area contributed by atoms with E-state index in [0.717, 1.165) is 0 Å². The Hall–Kier alpha value is -1.39. The Morgan fingerprint density at radius 3 is 2.44 bits per heavy atom. The van der Waals surface area contributed by atoms with E-state index in [-0.39, 0.29) is 5.82 Å². The lowest BCUT2D eigenvalue weighted by Gasteiger charge is -2.12. The summed E-state index contributed by atoms with van der Waals surface area (Å²) in [6.45, 7) is 1.56. The van der Waals surface area contributed by atoms with Crippen LogP contribution in [0.2, 0.25) is 0 Å². The zero-order chi connectivity index (χ0) is 13.1. The third kappa shape index (κ3) is 2.89. The number of rotatable bonds is 3. The molecule has 18 heavy (non-hydrogen) atoms. The molecule has 4 heteroatoms. The van der Waals surface area contributed by atoms with Crippen molar-refractivity contribution in [3.05, 3.63) is 59.7 Å². The van der Waals surface area contributed by atoms with Gasteiger partial charge in [0.1, 0.15) is 11.6 Å². The van der Waals surface area contributed by atoms with Gasteiger partial charge in [-0.2, -0.15) is 0 Å². The highest BCUT2D eigenvalue weighted by Gasteiger charge is 2.12. The Kier molecular flexibility index (Phi) is 3.99. The van der Waals surface area contributed by atoms with Crippen LogP contribution < -0.4 is 0 Å². The quantitative estimate of drug-likeness (QED) is 0.899. The minimum absolute atomic E-state index is 0.330. The average molecular weight is 266 g/mol. The van der Waals surface area contributed by atoms with Crippen LogP contribution in [0.3, 0.4) is 0 Å². The van der Waals surface area contributed by atoms with Gasteiger partial charge in [-0.15, -0.1) is 0 Å². The minimum Gasteiger partial charge on any atom is -0.389 e. The maximum Gasteiger partial charge on any atom is 0.137 e. The number of aliphatic hydroxyl groups excluding tert-OH is 1. The van der Waals surface area contributed by atoms with Crippen LogP contribution in [-0.2, 0) is 0 Å². The first-order valence-corrected chi connectivity index (χ1v) is 6.29. The third-order valence-electron chi connectivity index (χ3n) is 2.48. The summed E-state index contributed by atoms with van der Waals surface area (Å²) < 4.78 is 26.7. The number of hydrogen-bond donors (Lipinski definition) is 1. The molecule has 0 fully saturated rings. The fourth-order valence-corrected chi connectivity index (χ4v) is 2.62. The van der Waals surface area contributed by atoms with Crippen LogP contribution in [0.15, 0.2) is 52.3 Å². The van der Waals surface area contributed by atoms with Crippen molar-refractivity contribution >= 4 is 11.8 Å². The van der Waals surface area contributed by atoms with Gasteiger partial charge in [0.2, 0.25) is 0 Å². The summed E-state index contributed by atoms with van der Waals surface area (Å²) >= 11 is 1.18. The first-order chi connectivity index (χ1) is 8.58. The average Bonchev–Trinajstić information content (AvgIpc) is 2.34. The first-order valence-electron chi connectivity index (χ1n) is 5.48. The molecule has 0 aromatic heterocycles. The van der Waals surface area contributed by atoms with E-state index < -0.39 is 11.9 Å². The molecule has 0 aliphatic carbocycles. The minimum atomic E-state index is -0.796. The first kappa shape index (κ1) is 13.1. The predicted molar refractivity (Wildman–Crippen MR) is 67.6 cm³/mol. The topological polar surface area (TPSA) is 20.2 Å². The molecule has 0 unspecified atom stereocenters. The van der Waals surface area contributed by atoms with E-state index in [1.54, 1.807) is 31.2 Å². The maximum absolute atomic E-state index is 13.5. The number of aliphatic hydroxyl groups is 1. The molecule has 0 saturated heterocycles. The van der Waals surface area contributed by atoms with Crippen LogP contribution in [0.4, 0.5) is 8.78 Å². The summed E-state index contributed by atoms with van der Waals surface area (Å²) in [7, 11) is 0. The number of halogens is 2. The van der Waals surface area contributed by atoms with Gasteiger partial charge in [-0.05, 0) is 42.8 Å². The molecule has 2 aromatic carbocycles. The lowest BCUT2D eigenvalue weighted by molar-refractivity contribution is 0.196. The molecule has 0 saturated carbocycles. The van der Waals surface area contributed by atoms with E-state index in [9.17, 15) is 13.9 Å². The second-order valence-corrected chi connectivity index (χ2v) is 4.97. The Balaban J connectivity index is 2.37. The van der Waals surface area contributed by atoms with Crippen LogP contribution in [0.1, 0.15) is 18.6 Å².